The predicted molar refractivity (Wildman–Crippen MR) is 74.0 cm³/mol. The molecule has 0 radical (unpaired) electrons. The van der Waals surface area contributed by atoms with Crippen LogP contribution in [-0.4, -0.2) is 16.0 Å². The van der Waals surface area contributed by atoms with Crippen LogP contribution in [0, 0.1) is 10.1 Å². The Morgan fingerprint density at radius 3 is 2.67 bits per heavy atom. The number of carboxylic acids is 1. The first kappa shape index (κ1) is 14.2. The molecule has 0 aliphatic carbocycles. The van der Waals surface area contributed by atoms with Crippen molar-refractivity contribution >= 4 is 23.8 Å². The van der Waals surface area contributed by atoms with E-state index >= 15 is 0 Å². The van der Waals surface area contributed by atoms with Crippen LogP contribution in [0.3, 0.4) is 0 Å². The predicted octanol–water partition coefficient (Wildman–Crippen LogP) is 2.42. The van der Waals surface area contributed by atoms with Crippen LogP contribution < -0.4 is 5.43 Å². The van der Waals surface area contributed by atoms with Gasteiger partial charge in [-0.1, -0.05) is 18.2 Å². The van der Waals surface area contributed by atoms with E-state index in [9.17, 15) is 19.7 Å². The molecule has 0 aliphatic rings. The largest absolute Gasteiger partial charge is 0.475 e. The van der Waals surface area contributed by atoms with E-state index in [1.807, 2.05) is 0 Å². The van der Waals surface area contributed by atoms with Crippen LogP contribution in [0.4, 0.5) is 5.69 Å². The molecule has 0 amide bonds. The first-order valence-corrected chi connectivity index (χ1v) is 5.77. The summed E-state index contributed by atoms with van der Waals surface area (Å²) in [5.74, 6) is -1.77. The highest BCUT2D eigenvalue weighted by Gasteiger charge is 2.08. The molecule has 2 rings (SSSR count). The standard InChI is InChI=1S/C14H9NO6/c16-11-7-12(21-13(8-11)14(17)18)5-4-9-2-1-3-10(6-9)15(19)20/h1-8H,(H,17,18)/b5-4+. The number of carbonyl (C=O) groups is 1. The van der Waals surface area contributed by atoms with Gasteiger partial charge in [-0.15, -0.1) is 0 Å². The minimum atomic E-state index is -1.35. The van der Waals surface area contributed by atoms with Gasteiger partial charge in [0.1, 0.15) is 5.76 Å². The summed E-state index contributed by atoms with van der Waals surface area (Å²) in [6, 6.07) is 7.83. The highest BCUT2D eigenvalue weighted by atomic mass is 16.6. The molecule has 0 fully saturated rings. The van der Waals surface area contributed by atoms with Gasteiger partial charge in [0.15, 0.2) is 5.43 Å². The van der Waals surface area contributed by atoms with Gasteiger partial charge in [0.05, 0.1) is 4.92 Å². The molecule has 106 valence electrons. The van der Waals surface area contributed by atoms with E-state index < -0.39 is 22.1 Å². The summed E-state index contributed by atoms with van der Waals surface area (Å²) in [6.07, 6.45) is 2.85. The van der Waals surface area contributed by atoms with E-state index in [4.69, 9.17) is 9.52 Å². The normalized spacial score (nSPS) is 10.7. The van der Waals surface area contributed by atoms with Crippen molar-refractivity contribution in [3.63, 3.8) is 0 Å². The second kappa shape index (κ2) is 5.83. The average Bonchev–Trinajstić information content (AvgIpc) is 2.45. The summed E-state index contributed by atoms with van der Waals surface area (Å²) in [7, 11) is 0. The van der Waals surface area contributed by atoms with Crippen molar-refractivity contribution in [3.8, 4) is 0 Å². The quantitative estimate of drug-likeness (QED) is 0.682. The van der Waals surface area contributed by atoms with E-state index in [1.165, 1.54) is 30.4 Å². The molecule has 0 saturated carbocycles. The molecule has 0 atom stereocenters. The number of benzene rings is 1. The molecule has 0 spiro atoms. The van der Waals surface area contributed by atoms with Gasteiger partial charge in [-0.3, -0.25) is 14.9 Å². The van der Waals surface area contributed by atoms with Crippen molar-refractivity contribution in [2.45, 2.75) is 0 Å². The Hall–Kier alpha value is -3.22. The summed E-state index contributed by atoms with van der Waals surface area (Å²) < 4.78 is 5.00. The Morgan fingerprint density at radius 2 is 2.00 bits per heavy atom. The lowest BCUT2D eigenvalue weighted by atomic mass is 10.2. The number of hydrogen-bond acceptors (Lipinski definition) is 5. The number of nitro groups is 1. The summed E-state index contributed by atoms with van der Waals surface area (Å²) >= 11 is 0. The first-order chi connectivity index (χ1) is 9.95. The lowest BCUT2D eigenvalue weighted by Gasteiger charge is -1.97. The summed E-state index contributed by atoms with van der Waals surface area (Å²) in [6.45, 7) is 0. The smallest absolute Gasteiger partial charge is 0.371 e. The van der Waals surface area contributed by atoms with Gasteiger partial charge in [-0.25, -0.2) is 4.79 Å². The van der Waals surface area contributed by atoms with Crippen molar-refractivity contribution in [3.05, 3.63) is 73.8 Å². The third kappa shape index (κ3) is 3.63. The number of nitrogens with zero attached hydrogens (tertiary/aromatic N) is 1. The van der Waals surface area contributed by atoms with Crippen LogP contribution in [0.15, 0.2) is 45.6 Å². The van der Waals surface area contributed by atoms with Crippen molar-refractivity contribution in [1.29, 1.82) is 0 Å². The van der Waals surface area contributed by atoms with Gasteiger partial charge in [0, 0.05) is 24.3 Å². The molecular formula is C14H9NO6. The number of non-ortho nitro benzene ring substituents is 1. The second-order valence-corrected chi connectivity index (χ2v) is 4.05. The van der Waals surface area contributed by atoms with Crippen LogP contribution in [0.5, 0.6) is 0 Å². The minimum Gasteiger partial charge on any atom is -0.475 e. The monoisotopic (exact) mass is 287 g/mol. The zero-order chi connectivity index (χ0) is 15.4. The van der Waals surface area contributed by atoms with E-state index in [0.29, 0.717) is 5.56 Å². The SMILES string of the molecule is O=C(O)c1cc(=O)cc(/C=C/c2cccc([N+](=O)[O-])c2)o1. The third-order valence-corrected chi connectivity index (χ3v) is 2.52. The van der Waals surface area contributed by atoms with Gasteiger partial charge < -0.3 is 9.52 Å². The van der Waals surface area contributed by atoms with Crippen molar-refractivity contribution in [1.82, 2.24) is 0 Å². The molecule has 7 heteroatoms. The summed E-state index contributed by atoms with van der Waals surface area (Å²) in [5.41, 5.74) is -0.0530. The minimum absolute atomic E-state index is 0.0476. The highest BCUT2D eigenvalue weighted by molar-refractivity contribution is 5.84. The number of hydrogen-bond donors (Lipinski definition) is 1. The lowest BCUT2D eigenvalue weighted by molar-refractivity contribution is -0.384. The maximum atomic E-state index is 11.3. The van der Waals surface area contributed by atoms with Crippen LogP contribution in [0.1, 0.15) is 21.9 Å². The summed E-state index contributed by atoms with van der Waals surface area (Å²) in [5, 5.41) is 19.4. The van der Waals surface area contributed by atoms with E-state index in [1.54, 1.807) is 6.07 Å². The molecule has 1 aromatic heterocycles. The molecule has 0 aliphatic heterocycles. The maximum Gasteiger partial charge on any atom is 0.371 e. The Labute approximate surface area is 117 Å². The molecule has 21 heavy (non-hydrogen) atoms. The molecule has 1 aromatic carbocycles. The molecule has 1 N–H and O–H groups in total. The fourth-order valence-corrected chi connectivity index (χ4v) is 1.60. The first-order valence-electron chi connectivity index (χ1n) is 5.77. The topological polar surface area (TPSA) is 111 Å². The number of rotatable bonds is 4. The maximum absolute atomic E-state index is 11.3. The number of aromatic carboxylic acids is 1. The fraction of sp³-hybridized carbons (Fsp3) is 0. The molecular weight excluding hydrogens is 278 g/mol. The fourth-order valence-electron chi connectivity index (χ4n) is 1.60. The van der Waals surface area contributed by atoms with Crippen LogP contribution in [0.25, 0.3) is 12.2 Å². The Morgan fingerprint density at radius 1 is 1.24 bits per heavy atom. The zero-order valence-corrected chi connectivity index (χ0v) is 10.6. The third-order valence-electron chi connectivity index (χ3n) is 2.52. The number of carboxylic acid groups (broad SMARTS) is 1. The van der Waals surface area contributed by atoms with Crippen LogP contribution in [0.2, 0.25) is 0 Å². The second-order valence-electron chi connectivity index (χ2n) is 4.05. The molecule has 0 unspecified atom stereocenters. The van der Waals surface area contributed by atoms with Crippen LogP contribution in [-0.2, 0) is 0 Å². The van der Waals surface area contributed by atoms with Gasteiger partial charge in [-0.2, -0.15) is 0 Å². The van der Waals surface area contributed by atoms with E-state index in [0.717, 1.165) is 12.1 Å². The zero-order valence-electron chi connectivity index (χ0n) is 10.6. The molecule has 2 aromatic rings. The molecule has 7 nitrogen and oxygen atoms in total. The van der Waals surface area contributed by atoms with Crippen molar-refractivity contribution in [2.75, 3.05) is 0 Å². The summed E-state index contributed by atoms with van der Waals surface area (Å²) in [4.78, 5) is 32.2. The average molecular weight is 287 g/mol. The van der Waals surface area contributed by atoms with Gasteiger partial charge in [0.2, 0.25) is 5.76 Å². The van der Waals surface area contributed by atoms with E-state index in [-0.39, 0.29) is 11.4 Å². The Bertz CT molecular complexity index is 790. The lowest BCUT2D eigenvalue weighted by Crippen LogP contribution is -2.05. The van der Waals surface area contributed by atoms with Crippen molar-refractivity contribution in [2.24, 2.45) is 0 Å². The van der Waals surface area contributed by atoms with Gasteiger partial charge in [0.25, 0.3) is 5.69 Å². The van der Waals surface area contributed by atoms with Crippen molar-refractivity contribution < 1.29 is 19.2 Å². The Kier molecular flexibility index (Phi) is 3.94. The molecule has 0 saturated heterocycles. The van der Waals surface area contributed by atoms with Gasteiger partial charge >= 0.3 is 5.97 Å². The van der Waals surface area contributed by atoms with Crippen LogP contribution >= 0.6 is 0 Å². The molecule has 1 heterocycles. The highest BCUT2D eigenvalue weighted by Crippen LogP contribution is 2.15. The Balaban J connectivity index is 2.33. The molecule has 0 bridgehead atoms. The van der Waals surface area contributed by atoms with E-state index in [2.05, 4.69) is 0 Å². The number of nitro benzene ring substituents is 1. The van der Waals surface area contributed by atoms with Gasteiger partial charge in [-0.05, 0) is 11.6 Å².